The summed E-state index contributed by atoms with van der Waals surface area (Å²) in [5.41, 5.74) is 2.91. The number of amides is 2. The number of nitrogens with one attached hydrogen (secondary N) is 1. The second-order valence-corrected chi connectivity index (χ2v) is 10.4. The Balaban J connectivity index is 1.30. The highest BCUT2D eigenvalue weighted by Gasteiger charge is 2.42. The molecule has 10 heteroatoms. The van der Waals surface area contributed by atoms with Gasteiger partial charge in [-0.15, -0.1) is 0 Å². The lowest BCUT2D eigenvalue weighted by molar-refractivity contribution is -0.384. The predicted molar refractivity (Wildman–Crippen MR) is 143 cm³/mol. The van der Waals surface area contributed by atoms with E-state index in [0.717, 1.165) is 48.5 Å². The summed E-state index contributed by atoms with van der Waals surface area (Å²) in [6.45, 7) is 4.49. The molecule has 38 heavy (non-hydrogen) atoms. The van der Waals surface area contributed by atoms with Crippen molar-refractivity contribution in [1.82, 2.24) is 15.1 Å². The minimum Gasteiger partial charge on any atom is -0.497 e. The first-order chi connectivity index (χ1) is 18.4. The number of rotatable bonds is 8. The first-order valence-electron chi connectivity index (χ1n) is 13.4. The van der Waals surface area contributed by atoms with Gasteiger partial charge >= 0.3 is 0 Å². The van der Waals surface area contributed by atoms with E-state index in [0.29, 0.717) is 45.6 Å². The number of likely N-dealkylation sites (tertiary alicyclic amines) is 1. The van der Waals surface area contributed by atoms with Crippen molar-refractivity contribution in [3.63, 3.8) is 0 Å². The third kappa shape index (κ3) is 5.60. The molecule has 10 nitrogen and oxygen atoms in total. The zero-order valence-corrected chi connectivity index (χ0v) is 21.8. The van der Waals surface area contributed by atoms with Crippen molar-refractivity contribution < 1.29 is 19.2 Å². The topological polar surface area (TPSA) is 108 Å². The first kappa shape index (κ1) is 26.0. The maximum atomic E-state index is 13.5. The van der Waals surface area contributed by atoms with Crippen molar-refractivity contribution in [1.29, 1.82) is 0 Å². The molecular formula is C28H35N5O5. The number of nitro benzene ring substituents is 1. The summed E-state index contributed by atoms with van der Waals surface area (Å²) in [6, 6.07) is 12.6. The van der Waals surface area contributed by atoms with Crippen LogP contribution >= 0.6 is 0 Å². The van der Waals surface area contributed by atoms with Crippen molar-refractivity contribution in [3.8, 4) is 5.75 Å². The van der Waals surface area contributed by atoms with Gasteiger partial charge in [-0.25, -0.2) is 0 Å². The van der Waals surface area contributed by atoms with Crippen LogP contribution in [0.4, 0.5) is 11.4 Å². The molecule has 0 spiro atoms. The number of benzene rings is 2. The molecule has 0 saturated carbocycles. The van der Waals surface area contributed by atoms with E-state index in [1.807, 2.05) is 35.2 Å². The van der Waals surface area contributed by atoms with Crippen LogP contribution in [0.1, 0.15) is 24.0 Å². The molecule has 2 aromatic carbocycles. The van der Waals surface area contributed by atoms with Gasteiger partial charge in [0.25, 0.3) is 5.69 Å². The van der Waals surface area contributed by atoms with Crippen LogP contribution in [0, 0.1) is 16.0 Å². The molecule has 5 rings (SSSR count). The van der Waals surface area contributed by atoms with Gasteiger partial charge < -0.3 is 19.9 Å². The lowest BCUT2D eigenvalue weighted by Gasteiger charge is -2.49. The molecule has 2 atom stereocenters. The van der Waals surface area contributed by atoms with Gasteiger partial charge in [-0.1, -0.05) is 12.1 Å². The molecule has 2 saturated heterocycles. The van der Waals surface area contributed by atoms with E-state index in [1.54, 1.807) is 13.2 Å². The average molecular weight is 522 g/mol. The van der Waals surface area contributed by atoms with Gasteiger partial charge in [0.05, 0.1) is 30.5 Å². The number of methoxy groups -OCH3 is 1. The quantitative estimate of drug-likeness (QED) is 0.419. The highest BCUT2D eigenvalue weighted by molar-refractivity contribution is 5.82. The standard InChI is InChI=1S/C28H35N5O5/c1-38-23-7-4-20(5-8-23)10-11-29-28(35)24-17-21-16-22(33(36)37)6-9-25(21)32-15-14-30(18-26(24)32)19-27(34)31-12-2-3-13-31/h4-9,16,24,26H,2-3,10-15,17-19H2,1H3,(H,29,35). The van der Waals surface area contributed by atoms with Crippen LogP contribution in [0.3, 0.4) is 0 Å². The molecule has 3 aliphatic heterocycles. The monoisotopic (exact) mass is 521 g/mol. The highest BCUT2D eigenvalue weighted by Crippen LogP contribution is 2.38. The molecule has 2 amide bonds. The lowest BCUT2D eigenvalue weighted by atomic mass is 9.83. The fourth-order valence-electron chi connectivity index (χ4n) is 5.94. The molecule has 0 aliphatic carbocycles. The van der Waals surface area contributed by atoms with Gasteiger partial charge in [0.15, 0.2) is 0 Å². The maximum absolute atomic E-state index is 13.5. The van der Waals surface area contributed by atoms with Crippen LogP contribution in [0.5, 0.6) is 5.75 Å². The Labute approximate surface area is 222 Å². The van der Waals surface area contributed by atoms with Gasteiger partial charge in [0, 0.05) is 57.1 Å². The Morgan fingerprint density at radius 1 is 1.08 bits per heavy atom. The van der Waals surface area contributed by atoms with E-state index in [4.69, 9.17) is 4.74 Å². The molecule has 2 fully saturated rings. The number of piperazine rings is 1. The second-order valence-electron chi connectivity index (χ2n) is 10.4. The van der Waals surface area contributed by atoms with Crippen molar-refractivity contribution in [2.24, 2.45) is 5.92 Å². The van der Waals surface area contributed by atoms with Crippen LogP contribution in [0.25, 0.3) is 0 Å². The highest BCUT2D eigenvalue weighted by atomic mass is 16.6. The summed E-state index contributed by atoms with van der Waals surface area (Å²) >= 11 is 0. The van der Waals surface area contributed by atoms with Crippen molar-refractivity contribution >= 4 is 23.2 Å². The molecule has 3 heterocycles. The number of nitrogens with zero attached hydrogens (tertiary/aromatic N) is 4. The molecule has 202 valence electrons. The number of nitro groups is 1. The van der Waals surface area contributed by atoms with E-state index in [9.17, 15) is 19.7 Å². The van der Waals surface area contributed by atoms with Crippen molar-refractivity contribution in [3.05, 3.63) is 63.7 Å². The fourth-order valence-corrected chi connectivity index (χ4v) is 5.94. The third-order valence-electron chi connectivity index (χ3n) is 8.02. The van der Waals surface area contributed by atoms with Gasteiger partial charge in [-0.3, -0.25) is 24.6 Å². The van der Waals surface area contributed by atoms with Crippen LogP contribution < -0.4 is 15.0 Å². The molecule has 0 aromatic heterocycles. The zero-order chi connectivity index (χ0) is 26.6. The molecule has 2 unspecified atom stereocenters. The number of carbonyl (C=O) groups is 2. The SMILES string of the molecule is COc1ccc(CCNC(=O)C2Cc3cc([N+](=O)[O-])ccc3N3CCN(CC(=O)N4CCCC4)CC23)cc1. The average Bonchev–Trinajstić information content (AvgIpc) is 3.48. The van der Waals surface area contributed by atoms with E-state index in [2.05, 4.69) is 15.1 Å². The maximum Gasteiger partial charge on any atom is 0.269 e. The minimum atomic E-state index is -0.391. The molecule has 0 radical (unpaired) electrons. The molecule has 0 bridgehead atoms. The summed E-state index contributed by atoms with van der Waals surface area (Å²) in [6.07, 6.45) is 3.24. The van der Waals surface area contributed by atoms with Gasteiger partial charge in [0.2, 0.25) is 11.8 Å². The Hall–Kier alpha value is -3.66. The Morgan fingerprint density at radius 2 is 1.84 bits per heavy atom. The summed E-state index contributed by atoms with van der Waals surface area (Å²) in [5, 5.41) is 14.5. The fraction of sp³-hybridized carbons (Fsp3) is 0.500. The largest absolute Gasteiger partial charge is 0.497 e. The van der Waals surface area contributed by atoms with Crippen LogP contribution in [0.15, 0.2) is 42.5 Å². The Bertz CT molecular complexity index is 1180. The first-order valence-corrected chi connectivity index (χ1v) is 13.4. The van der Waals surface area contributed by atoms with Crippen LogP contribution in [0.2, 0.25) is 0 Å². The molecular weight excluding hydrogens is 486 g/mol. The van der Waals surface area contributed by atoms with Crippen LogP contribution in [-0.4, -0.2) is 85.5 Å². The summed E-state index contributed by atoms with van der Waals surface area (Å²) in [4.78, 5) is 43.7. The number of fused-ring (bicyclic) bond motifs is 3. The number of carbonyl (C=O) groups excluding carboxylic acids is 2. The summed E-state index contributed by atoms with van der Waals surface area (Å²) < 4.78 is 5.21. The van der Waals surface area contributed by atoms with Gasteiger partial charge in [-0.05, 0) is 55.0 Å². The molecule has 3 aliphatic rings. The van der Waals surface area contributed by atoms with Crippen molar-refractivity contribution in [2.75, 3.05) is 57.8 Å². The summed E-state index contributed by atoms with van der Waals surface area (Å²) in [5.74, 6) is 0.518. The Kier molecular flexibility index (Phi) is 7.78. The van der Waals surface area contributed by atoms with Gasteiger partial charge in [-0.2, -0.15) is 0 Å². The number of anilines is 1. The number of hydrogen-bond acceptors (Lipinski definition) is 7. The molecule has 2 aromatic rings. The summed E-state index contributed by atoms with van der Waals surface area (Å²) in [7, 11) is 1.63. The van der Waals surface area contributed by atoms with Crippen molar-refractivity contribution in [2.45, 2.75) is 31.7 Å². The Morgan fingerprint density at radius 3 is 2.55 bits per heavy atom. The number of ether oxygens (including phenoxy) is 1. The van der Waals surface area contributed by atoms with E-state index < -0.39 is 4.92 Å². The van der Waals surface area contributed by atoms with Crippen LogP contribution in [-0.2, 0) is 22.4 Å². The third-order valence-corrected chi connectivity index (χ3v) is 8.02. The van der Waals surface area contributed by atoms with E-state index >= 15 is 0 Å². The smallest absolute Gasteiger partial charge is 0.269 e. The predicted octanol–water partition coefficient (Wildman–Crippen LogP) is 2.25. The molecule has 1 N–H and O–H groups in total. The van der Waals surface area contributed by atoms with E-state index in [-0.39, 0.29) is 29.5 Å². The zero-order valence-electron chi connectivity index (χ0n) is 21.8. The second kappa shape index (κ2) is 11.4. The van der Waals surface area contributed by atoms with Gasteiger partial charge in [0.1, 0.15) is 5.75 Å². The minimum absolute atomic E-state index is 0.0377. The normalized spacial score (nSPS) is 21.0. The lowest BCUT2D eigenvalue weighted by Crippen LogP contribution is -2.62. The van der Waals surface area contributed by atoms with E-state index in [1.165, 1.54) is 6.07 Å². The number of non-ortho nitro benzene ring substituents is 1. The number of hydrogen-bond donors (Lipinski definition) is 1.